The molecule has 0 radical (unpaired) electrons. The van der Waals surface area contributed by atoms with Crippen LogP contribution in [0.25, 0.3) is 0 Å². The number of benzene rings is 1. The highest BCUT2D eigenvalue weighted by atomic mass is 16.6. The zero-order valence-electron chi connectivity index (χ0n) is 12.3. The molecule has 0 saturated heterocycles. The average molecular weight is 288 g/mol. The van der Waals surface area contributed by atoms with Crippen LogP contribution in [-0.2, 0) is 6.54 Å². The number of ether oxygens (including phenoxy) is 2. The Morgan fingerprint density at radius 3 is 2.81 bits per heavy atom. The first-order chi connectivity index (χ1) is 10.2. The van der Waals surface area contributed by atoms with Crippen LogP contribution in [0.3, 0.4) is 0 Å². The normalized spacial score (nSPS) is 16.5. The predicted octanol–water partition coefficient (Wildman–Crippen LogP) is 1.79. The zero-order chi connectivity index (χ0) is 14.7. The molecule has 21 heavy (non-hydrogen) atoms. The molecule has 0 bridgehead atoms. The lowest BCUT2D eigenvalue weighted by molar-refractivity contribution is 0.171. The molecular formula is C15H20N4O2. The second kappa shape index (κ2) is 6.13. The number of nitrogens with one attached hydrogen (secondary N) is 1. The highest BCUT2D eigenvalue weighted by Crippen LogP contribution is 2.32. The minimum absolute atomic E-state index is 0.222. The molecule has 3 rings (SSSR count). The summed E-state index contributed by atoms with van der Waals surface area (Å²) in [5, 5.41) is 7.68. The Kier molecular flexibility index (Phi) is 4.06. The van der Waals surface area contributed by atoms with Gasteiger partial charge in [0.25, 0.3) is 0 Å². The molecule has 0 fully saturated rings. The average Bonchev–Trinajstić information content (AvgIpc) is 2.99. The van der Waals surface area contributed by atoms with Gasteiger partial charge in [0, 0.05) is 12.1 Å². The van der Waals surface area contributed by atoms with Crippen LogP contribution < -0.4 is 14.8 Å². The van der Waals surface area contributed by atoms with Crippen LogP contribution >= 0.6 is 0 Å². The fourth-order valence-corrected chi connectivity index (χ4v) is 2.51. The first kappa shape index (κ1) is 13.9. The van der Waals surface area contributed by atoms with Crippen LogP contribution in [0, 0.1) is 0 Å². The molecule has 1 aromatic carbocycles. The van der Waals surface area contributed by atoms with Gasteiger partial charge in [-0.3, -0.25) is 4.68 Å². The number of rotatable bonds is 5. The molecule has 0 aliphatic carbocycles. The van der Waals surface area contributed by atoms with E-state index in [4.69, 9.17) is 9.47 Å². The number of aromatic nitrogens is 3. The SMILES string of the molecule is C[C@H](Cn1cncn1)N[C@@H](C)c1ccc2c(c1)OCCO2. The topological polar surface area (TPSA) is 61.2 Å². The summed E-state index contributed by atoms with van der Waals surface area (Å²) in [6.45, 7) is 6.30. The van der Waals surface area contributed by atoms with Crippen molar-refractivity contribution < 1.29 is 9.47 Å². The molecule has 1 aromatic heterocycles. The van der Waals surface area contributed by atoms with Gasteiger partial charge in [-0.25, -0.2) is 4.98 Å². The summed E-state index contributed by atoms with van der Waals surface area (Å²) in [6, 6.07) is 6.61. The van der Waals surface area contributed by atoms with Crippen LogP contribution in [0.5, 0.6) is 11.5 Å². The lowest BCUT2D eigenvalue weighted by Gasteiger charge is -2.23. The third kappa shape index (κ3) is 3.33. The van der Waals surface area contributed by atoms with Gasteiger partial charge in [0.05, 0.1) is 6.54 Å². The molecule has 2 aromatic rings. The van der Waals surface area contributed by atoms with E-state index in [1.165, 1.54) is 5.56 Å². The molecule has 1 aliphatic heterocycles. The Morgan fingerprint density at radius 1 is 1.24 bits per heavy atom. The van der Waals surface area contributed by atoms with E-state index in [1.807, 2.05) is 16.8 Å². The second-order valence-electron chi connectivity index (χ2n) is 5.31. The van der Waals surface area contributed by atoms with Crippen molar-refractivity contribution in [2.24, 2.45) is 0 Å². The summed E-state index contributed by atoms with van der Waals surface area (Å²) in [5.41, 5.74) is 1.18. The molecule has 0 saturated carbocycles. The largest absolute Gasteiger partial charge is 0.486 e. The number of nitrogens with zero attached hydrogens (tertiary/aromatic N) is 3. The predicted molar refractivity (Wildman–Crippen MR) is 78.5 cm³/mol. The lowest BCUT2D eigenvalue weighted by Crippen LogP contribution is -2.32. The number of hydrogen-bond acceptors (Lipinski definition) is 5. The molecule has 6 nitrogen and oxygen atoms in total. The molecule has 6 heteroatoms. The fraction of sp³-hybridized carbons (Fsp3) is 0.467. The first-order valence-corrected chi connectivity index (χ1v) is 7.20. The van der Waals surface area contributed by atoms with Crippen molar-refractivity contribution in [1.82, 2.24) is 20.1 Å². The van der Waals surface area contributed by atoms with Gasteiger partial charge in [0.1, 0.15) is 25.9 Å². The van der Waals surface area contributed by atoms with E-state index in [-0.39, 0.29) is 12.1 Å². The van der Waals surface area contributed by atoms with E-state index in [9.17, 15) is 0 Å². The van der Waals surface area contributed by atoms with Crippen molar-refractivity contribution in [3.8, 4) is 11.5 Å². The van der Waals surface area contributed by atoms with Gasteiger partial charge in [-0.05, 0) is 31.5 Å². The van der Waals surface area contributed by atoms with Gasteiger partial charge in [0.15, 0.2) is 11.5 Å². The lowest BCUT2D eigenvalue weighted by atomic mass is 10.1. The van der Waals surface area contributed by atoms with Gasteiger partial charge in [-0.15, -0.1) is 0 Å². The van der Waals surface area contributed by atoms with Crippen LogP contribution in [0.1, 0.15) is 25.5 Å². The van der Waals surface area contributed by atoms with E-state index >= 15 is 0 Å². The highest BCUT2D eigenvalue weighted by Gasteiger charge is 2.15. The maximum absolute atomic E-state index is 5.63. The molecule has 2 heterocycles. The van der Waals surface area contributed by atoms with Crippen molar-refractivity contribution in [1.29, 1.82) is 0 Å². The second-order valence-corrected chi connectivity index (χ2v) is 5.31. The van der Waals surface area contributed by atoms with E-state index < -0.39 is 0 Å². The zero-order valence-corrected chi connectivity index (χ0v) is 12.3. The maximum Gasteiger partial charge on any atom is 0.161 e. The van der Waals surface area contributed by atoms with Crippen molar-refractivity contribution >= 4 is 0 Å². The molecule has 2 atom stereocenters. The summed E-state index contributed by atoms with van der Waals surface area (Å²) in [7, 11) is 0. The number of hydrogen-bond donors (Lipinski definition) is 1. The van der Waals surface area contributed by atoms with Crippen LogP contribution in [0.15, 0.2) is 30.9 Å². The molecule has 0 amide bonds. The third-order valence-corrected chi connectivity index (χ3v) is 3.53. The number of fused-ring (bicyclic) bond motifs is 1. The van der Waals surface area contributed by atoms with Gasteiger partial charge >= 0.3 is 0 Å². The van der Waals surface area contributed by atoms with Crippen molar-refractivity contribution in [3.05, 3.63) is 36.4 Å². The van der Waals surface area contributed by atoms with Crippen LogP contribution in [0.4, 0.5) is 0 Å². The Labute approximate surface area is 124 Å². The van der Waals surface area contributed by atoms with E-state index in [1.54, 1.807) is 12.7 Å². The Balaban J connectivity index is 1.63. The minimum Gasteiger partial charge on any atom is -0.486 e. The monoisotopic (exact) mass is 288 g/mol. The van der Waals surface area contributed by atoms with E-state index in [0.717, 1.165) is 18.0 Å². The van der Waals surface area contributed by atoms with Gasteiger partial charge in [-0.2, -0.15) is 5.10 Å². The van der Waals surface area contributed by atoms with Crippen molar-refractivity contribution in [2.75, 3.05) is 13.2 Å². The van der Waals surface area contributed by atoms with Gasteiger partial charge < -0.3 is 14.8 Å². The summed E-state index contributed by atoms with van der Waals surface area (Å²) in [6.07, 6.45) is 3.28. The Morgan fingerprint density at radius 2 is 2.05 bits per heavy atom. The molecule has 0 unspecified atom stereocenters. The minimum atomic E-state index is 0.222. The standard InChI is InChI=1S/C15H20N4O2/c1-11(8-19-10-16-9-17-19)18-12(2)13-3-4-14-15(7-13)21-6-5-20-14/h3-4,7,9-12,18H,5-6,8H2,1-2H3/t11-,12+/m1/s1. The summed E-state index contributed by atoms with van der Waals surface area (Å²) >= 11 is 0. The molecule has 1 N–H and O–H groups in total. The fourth-order valence-electron chi connectivity index (χ4n) is 2.51. The Bertz CT molecular complexity index is 585. The summed E-state index contributed by atoms with van der Waals surface area (Å²) in [4.78, 5) is 3.95. The Hall–Kier alpha value is -2.08. The first-order valence-electron chi connectivity index (χ1n) is 7.20. The van der Waals surface area contributed by atoms with Crippen LogP contribution in [0.2, 0.25) is 0 Å². The van der Waals surface area contributed by atoms with E-state index in [0.29, 0.717) is 13.2 Å². The van der Waals surface area contributed by atoms with E-state index in [2.05, 4.69) is 35.3 Å². The van der Waals surface area contributed by atoms with Crippen LogP contribution in [-0.4, -0.2) is 34.0 Å². The summed E-state index contributed by atoms with van der Waals surface area (Å²) < 4.78 is 13.0. The quantitative estimate of drug-likeness (QED) is 0.909. The van der Waals surface area contributed by atoms with Crippen molar-refractivity contribution in [2.45, 2.75) is 32.5 Å². The van der Waals surface area contributed by atoms with Gasteiger partial charge in [0.2, 0.25) is 0 Å². The molecular weight excluding hydrogens is 268 g/mol. The molecule has 1 aliphatic rings. The van der Waals surface area contributed by atoms with Gasteiger partial charge in [-0.1, -0.05) is 6.07 Å². The molecule has 0 spiro atoms. The molecule has 112 valence electrons. The highest BCUT2D eigenvalue weighted by molar-refractivity contribution is 5.44. The maximum atomic E-state index is 5.63. The summed E-state index contributed by atoms with van der Waals surface area (Å²) in [5.74, 6) is 1.66. The smallest absolute Gasteiger partial charge is 0.161 e. The third-order valence-electron chi connectivity index (χ3n) is 3.53. The van der Waals surface area contributed by atoms with Crippen molar-refractivity contribution in [3.63, 3.8) is 0 Å².